The molecule has 1 aromatic carbocycles. The van der Waals surface area contributed by atoms with Gasteiger partial charge in [-0.15, -0.1) is 0 Å². The minimum atomic E-state index is 0.576. The van der Waals surface area contributed by atoms with Crippen molar-refractivity contribution in [3.63, 3.8) is 0 Å². The van der Waals surface area contributed by atoms with Gasteiger partial charge in [-0.05, 0) is 12.0 Å². The highest BCUT2D eigenvalue weighted by Crippen LogP contribution is 1.99. The summed E-state index contributed by atoms with van der Waals surface area (Å²) in [6, 6.07) is 9.78. The number of benzene rings is 1. The lowest BCUT2D eigenvalue weighted by Gasteiger charge is -1.91. The maximum absolute atomic E-state index is 11.5. The van der Waals surface area contributed by atoms with Crippen molar-refractivity contribution in [3.8, 4) is 0 Å². The van der Waals surface area contributed by atoms with Gasteiger partial charge >= 0.3 is 0 Å². The fourth-order valence-corrected chi connectivity index (χ4v) is 0.795. The Morgan fingerprint density at radius 3 is 2.50 bits per heavy atom. The lowest BCUT2D eigenvalue weighted by Crippen LogP contribution is -1.76. The van der Waals surface area contributed by atoms with E-state index in [0.29, 0.717) is 12.8 Å². The molecule has 0 aliphatic heterocycles. The molecule has 0 heterocycles. The molecule has 0 unspecified atom stereocenters. The quantitative estimate of drug-likeness (QED) is 0.586. The van der Waals surface area contributed by atoms with Gasteiger partial charge in [0.05, 0.1) is 6.33 Å². The first-order valence-electron chi connectivity index (χ1n) is 3.22. The van der Waals surface area contributed by atoms with Crippen molar-refractivity contribution >= 4 is 0 Å². The monoisotopic (exact) mass is 136 g/mol. The van der Waals surface area contributed by atoms with E-state index in [4.69, 9.17) is 0 Å². The van der Waals surface area contributed by atoms with E-state index in [9.17, 15) is 4.39 Å². The summed E-state index contributed by atoms with van der Waals surface area (Å²) in [5.41, 5.74) is 1.14. The highest BCUT2D eigenvalue weighted by Gasteiger charge is 1.83. The van der Waals surface area contributed by atoms with E-state index < -0.39 is 0 Å². The zero-order valence-electron chi connectivity index (χ0n) is 5.63. The second-order valence-electron chi connectivity index (χ2n) is 2.05. The van der Waals surface area contributed by atoms with E-state index in [-0.39, 0.29) is 0 Å². The van der Waals surface area contributed by atoms with Gasteiger partial charge < -0.3 is 0 Å². The van der Waals surface area contributed by atoms with Gasteiger partial charge in [-0.3, -0.25) is 0 Å². The molecule has 0 radical (unpaired) electrons. The topological polar surface area (TPSA) is 0 Å². The van der Waals surface area contributed by atoms with Crippen LogP contribution in [0.4, 0.5) is 4.39 Å². The summed E-state index contributed by atoms with van der Waals surface area (Å²) in [5.74, 6) is 0. The Bertz CT molecular complexity index is 201. The fourth-order valence-electron chi connectivity index (χ4n) is 0.795. The molecule has 0 bridgehead atoms. The van der Waals surface area contributed by atoms with Gasteiger partial charge in [0.25, 0.3) is 0 Å². The maximum atomic E-state index is 11.5. The summed E-state index contributed by atoms with van der Waals surface area (Å²) in [5, 5.41) is 0. The molecular weight excluding hydrogens is 127 g/mol. The first-order valence-corrected chi connectivity index (χ1v) is 3.22. The average molecular weight is 136 g/mol. The van der Waals surface area contributed by atoms with E-state index in [0.717, 1.165) is 5.56 Å². The van der Waals surface area contributed by atoms with Crippen LogP contribution in [0.2, 0.25) is 0 Å². The van der Waals surface area contributed by atoms with Crippen LogP contribution in [0.25, 0.3) is 0 Å². The molecule has 0 aliphatic carbocycles. The molecule has 0 fully saturated rings. The number of halogens is 1. The van der Waals surface area contributed by atoms with E-state index in [2.05, 4.69) is 0 Å². The SMILES string of the molecule is FC=CCc1ccccc1. The van der Waals surface area contributed by atoms with E-state index in [1.807, 2.05) is 30.3 Å². The third-order valence-electron chi connectivity index (χ3n) is 1.29. The third kappa shape index (κ3) is 2.02. The summed E-state index contributed by atoms with van der Waals surface area (Å²) >= 11 is 0. The smallest absolute Gasteiger partial charge is 0.0830 e. The van der Waals surface area contributed by atoms with Gasteiger partial charge in [0.2, 0.25) is 0 Å². The standard InChI is InChI=1S/C9H9F/c10-8-4-7-9-5-2-1-3-6-9/h1-6,8H,7H2. The van der Waals surface area contributed by atoms with Crippen molar-refractivity contribution in [2.24, 2.45) is 0 Å². The van der Waals surface area contributed by atoms with E-state index in [1.165, 1.54) is 6.08 Å². The van der Waals surface area contributed by atoms with Crippen LogP contribution in [0.3, 0.4) is 0 Å². The molecule has 0 N–H and O–H groups in total. The van der Waals surface area contributed by atoms with Crippen LogP contribution >= 0.6 is 0 Å². The van der Waals surface area contributed by atoms with Crippen LogP contribution in [0.15, 0.2) is 42.7 Å². The van der Waals surface area contributed by atoms with E-state index in [1.54, 1.807) is 0 Å². The average Bonchev–Trinajstić information content (AvgIpc) is 2.03. The Balaban J connectivity index is 2.59. The summed E-state index contributed by atoms with van der Waals surface area (Å²) in [7, 11) is 0. The number of hydrogen-bond acceptors (Lipinski definition) is 0. The predicted molar refractivity (Wildman–Crippen MR) is 40.4 cm³/mol. The highest BCUT2D eigenvalue weighted by molar-refractivity contribution is 5.16. The molecule has 0 aliphatic rings. The largest absolute Gasteiger partial charge is 0.216 e. The lowest BCUT2D eigenvalue weighted by molar-refractivity contribution is 0.716. The molecular formula is C9H9F. The van der Waals surface area contributed by atoms with Crippen molar-refractivity contribution in [2.45, 2.75) is 6.42 Å². The Morgan fingerprint density at radius 2 is 1.90 bits per heavy atom. The van der Waals surface area contributed by atoms with Gasteiger partial charge in [0.15, 0.2) is 0 Å². The zero-order chi connectivity index (χ0) is 7.23. The molecule has 0 nitrogen and oxygen atoms in total. The molecule has 1 aromatic rings. The van der Waals surface area contributed by atoms with Gasteiger partial charge in [0, 0.05) is 0 Å². The van der Waals surface area contributed by atoms with Gasteiger partial charge in [-0.2, -0.15) is 0 Å². The number of rotatable bonds is 2. The number of allylic oxidation sites excluding steroid dienone is 1. The first-order chi connectivity index (χ1) is 4.93. The Labute approximate surface area is 60.0 Å². The molecule has 0 atom stereocenters. The van der Waals surface area contributed by atoms with Crippen LogP contribution < -0.4 is 0 Å². The minimum Gasteiger partial charge on any atom is -0.216 e. The zero-order valence-corrected chi connectivity index (χ0v) is 5.63. The van der Waals surface area contributed by atoms with E-state index >= 15 is 0 Å². The molecule has 0 spiro atoms. The van der Waals surface area contributed by atoms with Crippen molar-refractivity contribution < 1.29 is 4.39 Å². The predicted octanol–water partition coefficient (Wildman–Crippen LogP) is 2.71. The van der Waals surface area contributed by atoms with Gasteiger partial charge in [-0.1, -0.05) is 36.4 Å². The van der Waals surface area contributed by atoms with Crippen molar-refractivity contribution in [1.82, 2.24) is 0 Å². The van der Waals surface area contributed by atoms with Gasteiger partial charge in [0.1, 0.15) is 0 Å². The normalized spacial score (nSPS) is 10.5. The Hall–Kier alpha value is -1.11. The summed E-state index contributed by atoms with van der Waals surface area (Å²) < 4.78 is 11.5. The molecule has 0 saturated heterocycles. The van der Waals surface area contributed by atoms with Crippen molar-refractivity contribution in [2.75, 3.05) is 0 Å². The molecule has 1 rings (SSSR count). The molecule has 0 amide bonds. The molecule has 0 aromatic heterocycles. The third-order valence-corrected chi connectivity index (χ3v) is 1.29. The van der Waals surface area contributed by atoms with Crippen LogP contribution in [-0.4, -0.2) is 0 Å². The maximum Gasteiger partial charge on any atom is 0.0830 e. The molecule has 52 valence electrons. The molecule has 1 heteroatoms. The first kappa shape index (κ1) is 7.00. The Morgan fingerprint density at radius 1 is 1.20 bits per heavy atom. The fraction of sp³-hybridized carbons (Fsp3) is 0.111. The second-order valence-corrected chi connectivity index (χ2v) is 2.05. The summed E-state index contributed by atoms with van der Waals surface area (Å²) in [4.78, 5) is 0. The minimum absolute atomic E-state index is 0.576. The summed E-state index contributed by atoms with van der Waals surface area (Å²) in [6.45, 7) is 0. The van der Waals surface area contributed by atoms with Crippen molar-refractivity contribution in [1.29, 1.82) is 0 Å². The van der Waals surface area contributed by atoms with Crippen LogP contribution in [0, 0.1) is 0 Å². The molecule has 10 heavy (non-hydrogen) atoms. The Kier molecular flexibility index (Phi) is 2.68. The second kappa shape index (κ2) is 3.83. The van der Waals surface area contributed by atoms with Crippen LogP contribution in [-0.2, 0) is 6.42 Å². The molecule has 0 saturated carbocycles. The van der Waals surface area contributed by atoms with Crippen molar-refractivity contribution in [3.05, 3.63) is 48.3 Å². The van der Waals surface area contributed by atoms with Gasteiger partial charge in [-0.25, -0.2) is 4.39 Å². The number of hydrogen-bond donors (Lipinski definition) is 0. The summed E-state index contributed by atoms with van der Waals surface area (Å²) in [6.07, 6.45) is 2.75. The van der Waals surface area contributed by atoms with Crippen LogP contribution in [0.5, 0.6) is 0 Å². The van der Waals surface area contributed by atoms with Crippen LogP contribution in [0.1, 0.15) is 5.56 Å². The highest BCUT2D eigenvalue weighted by atomic mass is 19.1. The lowest BCUT2D eigenvalue weighted by atomic mass is 10.2.